The van der Waals surface area contributed by atoms with Crippen molar-refractivity contribution in [2.45, 2.75) is 6.18 Å². The van der Waals surface area contributed by atoms with Crippen LogP contribution in [0.2, 0.25) is 0 Å². The van der Waals surface area contributed by atoms with E-state index in [1.807, 2.05) is 0 Å². The normalized spacial score (nSPS) is 18.4. The van der Waals surface area contributed by atoms with Gasteiger partial charge in [0.1, 0.15) is 4.91 Å². The van der Waals surface area contributed by atoms with Gasteiger partial charge < -0.3 is 0 Å². The first-order valence-electron chi connectivity index (χ1n) is 4.60. The quantitative estimate of drug-likeness (QED) is 0.799. The smallest absolute Gasteiger partial charge is 0.232 e. The SMILES string of the molecule is O=S1(=O)C(c2ccccc2C(F)(F)F)=CN=C1Cl. The number of halogens is 4. The Kier molecular flexibility index (Phi) is 2.98. The molecule has 0 aliphatic carbocycles. The minimum Gasteiger partial charge on any atom is -0.232 e. The van der Waals surface area contributed by atoms with Gasteiger partial charge in [0.15, 0.2) is 0 Å². The van der Waals surface area contributed by atoms with Crippen molar-refractivity contribution in [2.75, 3.05) is 0 Å². The zero-order valence-corrected chi connectivity index (χ0v) is 10.1. The van der Waals surface area contributed by atoms with Crippen LogP contribution in [0.5, 0.6) is 0 Å². The van der Waals surface area contributed by atoms with Crippen LogP contribution in [0.25, 0.3) is 4.91 Å². The lowest BCUT2D eigenvalue weighted by Gasteiger charge is -2.12. The molecule has 0 spiro atoms. The lowest BCUT2D eigenvalue weighted by atomic mass is 10.1. The second-order valence-corrected chi connectivity index (χ2v) is 5.84. The Morgan fingerprint density at radius 1 is 1.17 bits per heavy atom. The van der Waals surface area contributed by atoms with E-state index in [-0.39, 0.29) is 0 Å². The fourth-order valence-electron chi connectivity index (χ4n) is 1.50. The lowest BCUT2D eigenvalue weighted by molar-refractivity contribution is -0.137. The van der Waals surface area contributed by atoms with E-state index in [2.05, 4.69) is 4.99 Å². The third-order valence-electron chi connectivity index (χ3n) is 2.29. The van der Waals surface area contributed by atoms with E-state index in [4.69, 9.17) is 11.6 Å². The fraction of sp³-hybridized carbons (Fsp3) is 0.100. The molecule has 3 nitrogen and oxygen atoms in total. The molecule has 1 aliphatic heterocycles. The Balaban J connectivity index is 2.63. The van der Waals surface area contributed by atoms with Crippen LogP contribution in [0, 0.1) is 0 Å². The average Bonchev–Trinajstić information content (AvgIpc) is 2.53. The summed E-state index contributed by atoms with van der Waals surface area (Å²) < 4.78 is 60.9. The average molecular weight is 296 g/mol. The van der Waals surface area contributed by atoms with Crippen molar-refractivity contribution >= 4 is 30.8 Å². The van der Waals surface area contributed by atoms with Crippen molar-refractivity contribution in [1.29, 1.82) is 0 Å². The molecule has 0 N–H and O–H groups in total. The molecule has 1 heterocycles. The maximum atomic E-state index is 12.8. The number of nitrogens with zero attached hydrogens (tertiary/aromatic N) is 1. The summed E-state index contributed by atoms with van der Waals surface area (Å²) in [6.07, 6.45) is -3.83. The molecule has 0 fully saturated rings. The molecule has 18 heavy (non-hydrogen) atoms. The lowest BCUT2D eigenvalue weighted by Crippen LogP contribution is -2.13. The maximum absolute atomic E-state index is 12.8. The third-order valence-corrected chi connectivity index (χ3v) is 4.45. The topological polar surface area (TPSA) is 46.5 Å². The molecule has 0 radical (unpaired) electrons. The van der Waals surface area contributed by atoms with Crippen molar-refractivity contribution in [3.63, 3.8) is 0 Å². The van der Waals surface area contributed by atoms with E-state index < -0.39 is 36.5 Å². The Labute approximate surface area is 106 Å². The molecule has 0 amide bonds. The predicted molar refractivity (Wildman–Crippen MR) is 61.6 cm³/mol. The van der Waals surface area contributed by atoms with Gasteiger partial charge in [-0.15, -0.1) is 0 Å². The summed E-state index contributed by atoms with van der Waals surface area (Å²) in [6, 6.07) is 4.36. The fourth-order valence-corrected chi connectivity index (χ4v) is 2.83. The van der Waals surface area contributed by atoms with Crippen molar-refractivity contribution in [3.8, 4) is 0 Å². The van der Waals surface area contributed by atoms with Gasteiger partial charge in [0.25, 0.3) is 0 Å². The predicted octanol–water partition coefficient (Wildman–Crippen LogP) is 3.03. The standard InChI is InChI=1S/C10H5ClF3NO2S/c11-9-15-5-8(18(9,16)17)6-3-1-2-4-7(6)10(12,13)14/h1-5H. The summed E-state index contributed by atoms with van der Waals surface area (Å²) in [4.78, 5) is 2.79. The van der Waals surface area contributed by atoms with Gasteiger partial charge in [-0.2, -0.15) is 13.2 Å². The number of hydrogen-bond acceptors (Lipinski definition) is 3. The summed E-state index contributed by atoms with van der Waals surface area (Å²) >= 11 is 5.34. The van der Waals surface area contributed by atoms with Crippen LogP contribution >= 0.6 is 11.6 Å². The zero-order valence-electron chi connectivity index (χ0n) is 8.57. The highest BCUT2D eigenvalue weighted by atomic mass is 35.5. The summed E-state index contributed by atoms with van der Waals surface area (Å²) in [5.41, 5.74) is -1.49. The van der Waals surface area contributed by atoms with E-state index in [9.17, 15) is 21.6 Å². The molecule has 0 bridgehead atoms. The molecule has 1 aliphatic rings. The number of sulfone groups is 1. The molecule has 0 aromatic heterocycles. The van der Waals surface area contributed by atoms with Gasteiger partial charge in [-0.25, -0.2) is 13.4 Å². The van der Waals surface area contributed by atoms with E-state index in [1.165, 1.54) is 12.1 Å². The first kappa shape index (κ1) is 13.1. The van der Waals surface area contributed by atoms with Crippen molar-refractivity contribution in [1.82, 2.24) is 0 Å². The minimum atomic E-state index is -4.65. The Hall–Kier alpha value is -1.34. The minimum absolute atomic E-state index is 0.454. The molecule has 2 rings (SSSR count). The van der Waals surface area contributed by atoms with Gasteiger partial charge in [0.2, 0.25) is 14.3 Å². The summed E-state index contributed by atoms with van der Waals surface area (Å²) in [5.74, 6) is 0. The van der Waals surface area contributed by atoms with Crippen LogP contribution in [0.1, 0.15) is 11.1 Å². The highest BCUT2D eigenvalue weighted by Gasteiger charge is 2.38. The van der Waals surface area contributed by atoms with Crippen molar-refractivity contribution in [3.05, 3.63) is 41.6 Å². The van der Waals surface area contributed by atoms with E-state index in [1.54, 1.807) is 0 Å². The second-order valence-electron chi connectivity index (χ2n) is 3.42. The Morgan fingerprint density at radius 3 is 2.28 bits per heavy atom. The number of alkyl halides is 3. The summed E-state index contributed by atoms with van der Waals surface area (Å²) in [5, 5.41) is 0. The molecule has 0 saturated heterocycles. The van der Waals surface area contributed by atoms with E-state index in [0.29, 0.717) is 0 Å². The Bertz CT molecular complexity index is 662. The van der Waals surface area contributed by atoms with Crippen molar-refractivity contribution < 1.29 is 21.6 Å². The molecule has 0 atom stereocenters. The monoisotopic (exact) mass is 295 g/mol. The molecule has 1 aromatic rings. The number of benzene rings is 1. The highest BCUT2D eigenvalue weighted by Crippen LogP contribution is 2.38. The van der Waals surface area contributed by atoms with Gasteiger partial charge >= 0.3 is 6.18 Å². The summed E-state index contributed by atoms with van der Waals surface area (Å²) in [6.45, 7) is 0. The second kappa shape index (κ2) is 4.10. The molecule has 96 valence electrons. The van der Waals surface area contributed by atoms with Crippen LogP contribution in [-0.4, -0.2) is 12.9 Å². The van der Waals surface area contributed by atoms with Gasteiger partial charge in [-0.3, -0.25) is 0 Å². The first-order valence-corrected chi connectivity index (χ1v) is 6.46. The molecular weight excluding hydrogens is 291 g/mol. The van der Waals surface area contributed by atoms with Gasteiger partial charge in [-0.05, 0) is 17.7 Å². The van der Waals surface area contributed by atoms with Gasteiger partial charge in [0.05, 0.1) is 5.56 Å². The highest BCUT2D eigenvalue weighted by molar-refractivity contribution is 8.17. The van der Waals surface area contributed by atoms with E-state index in [0.717, 1.165) is 18.3 Å². The number of aliphatic imine (C=N–C) groups is 1. The van der Waals surface area contributed by atoms with E-state index >= 15 is 0 Å². The van der Waals surface area contributed by atoms with Crippen LogP contribution in [-0.2, 0) is 16.0 Å². The number of rotatable bonds is 1. The number of hydrogen-bond donors (Lipinski definition) is 0. The van der Waals surface area contributed by atoms with Crippen molar-refractivity contribution in [2.24, 2.45) is 4.99 Å². The largest absolute Gasteiger partial charge is 0.417 e. The Morgan fingerprint density at radius 2 is 1.78 bits per heavy atom. The molecular formula is C10H5ClF3NO2S. The first-order chi connectivity index (χ1) is 8.24. The maximum Gasteiger partial charge on any atom is 0.417 e. The summed E-state index contributed by atoms with van der Waals surface area (Å²) in [7, 11) is -4.13. The molecule has 0 unspecified atom stereocenters. The van der Waals surface area contributed by atoms with Crippen LogP contribution in [0.4, 0.5) is 13.2 Å². The van der Waals surface area contributed by atoms with Crippen LogP contribution in [0.3, 0.4) is 0 Å². The van der Waals surface area contributed by atoms with Crippen LogP contribution < -0.4 is 0 Å². The molecule has 0 saturated carbocycles. The zero-order chi connectivity index (χ0) is 13.6. The van der Waals surface area contributed by atoms with Crippen LogP contribution in [0.15, 0.2) is 35.5 Å². The third kappa shape index (κ3) is 2.04. The van der Waals surface area contributed by atoms with Gasteiger partial charge in [0, 0.05) is 11.8 Å². The molecule has 8 heteroatoms. The molecule has 1 aromatic carbocycles. The van der Waals surface area contributed by atoms with Gasteiger partial charge in [-0.1, -0.05) is 18.2 Å².